The lowest BCUT2D eigenvalue weighted by atomic mass is 10.2. The molecule has 0 aliphatic carbocycles. The fourth-order valence-corrected chi connectivity index (χ4v) is 2.88. The molecular weight excluding hydrogens is 325 g/mol. The first-order valence-corrected chi connectivity index (χ1v) is 8.44. The van der Waals surface area contributed by atoms with E-state index in [1.165, 1.54) is 24.3 Å². The molecule has 2 heterocycles. The zero-order chi connectivity index (χ0) is 17.8. The third-order valence-corrected chi connectivity index (χ3v) is 4.36. The van der Waals surface area contributed by atoms with Gasteiger partial charge in [0.05, 0.1) is 6.04 Å². The monoisotopic (exact) mass is 347 g/mol. The van der Waals surface area contributed by atoms with Crippen LogP contribution in [0.25, 0.3) is 0 Å². The summed E-state index contributed by atoms with van der Waals surface area (Å²) in [6.07, 6.45) is 1.58. The van der Waals surface area contributed by atoms with Crippen LogP contribution < -0.4 is 10.6 Å². The van der Waals surface area contributed by atoms with Crippen molar-refractivity contribution >= 4 is 11.7 Å². The molecule has 7 nitrogen and oxygen atoms in total. The third-order valence-electron chi connectivity index (χ3n) is 4.36. The van der Waals surface area contributed by atoms with E-state index in [1.54, 1.807) is 0 Å². The second-order valence-corrected chi connectivity index (χ2v) is 6.16. The molecule has 0 saturated carbocycles. The average Bonchev–Trinajstić information content (AvgIpc) is 3.25. The van der Waals surface area contributed by atoms with Crippen molar-refractivity contribution in [3.05, 3.63) is 41.8 Å². The number of likely N-dealkylation sites (tertiary alicyclic amines) is 1. The number of anilines is 1. The lowest BCUT2D eigenvalue weighted by molar-refractivity contribution is 0.204. The van der Waals surface area contributed by atoms with E-state index in [1.807, 2.05) is 13.8 Å². The lowest BCUT2D eigenvalue weighted by Crippen LogP contribution is -2.40. The molecule has 0 spiro atoms. The molecule has 0 unspecified atom stereocenters. The molecule has 3 rings (SSSR count). The van der Waals surface area contributed by atoms with Gasteiger partial charge in [-0.1, -0.05) is 12.1 Å². The number of amides is 2. The highest BCUT2D eigenvalue weighted by atomic mass is 19.1. The number of urea groups is 1. The number of carbonyl (C=O) groups excluding carboxylic acids is 1. The number of carbonyl (C=O) groups is 1. The Morgan fingerprint density at radius 3 is 2.88 bits per heavy atom. The molecule has 134 valence electrons. The van der Waals surface area contributed by atoms with Crippen molar-refractivity contribution in [1.29, 1.82) is 0 Å². The van der Waals surface area contributed by atoms with Gasteiger partial charge in [0.2, 0.25) is 5.89 Å². The van der Waals surface area contributed by atoms with Crippen molar-refractivity contribution in [1.82, 2.24) is 20.4 Å². The Morgan fingerprint density at radius 2 is 2.20 bits per heavy atom. The summed E-state index contributed by atoms with van der Waals surface area (Å²) in [4.78, 5) is 18.6. The number of halogens is 1. The van der Waals surface area contributed by atoms with E-state index in [-0.39, 0.29) is 23.9 Å². The van der Waals surface area contributed by atoms with E-state index in [0.29, 0.717) is 23.9 Å². The minimum absolute atomic E-state index is 0.0137. The van der Waals surface area contributed by atoms with Crippen molar-refractivity contribution < 1.29 is 13.7 Å². The lowest BCUT2D eigenvalue weighted by Gasteiger charge is -2.21. The van der Waals surface area contributed by atoms with E-state index in [0.717, 1.165) is 19.4 Å². The minimum Gasteiger partial charge on any atom is -0.338 e. The number of hydrogen-bond donors (Lipinski definition) is 2. The third kappa shape index (κ3) is 4.33. The van der Waals surface area contributed by atoms with Gasteiger partial charge in [0.15, 0.2) is 5.82 Å². The predicted molar refractivity (Wildman–Crippen MR) is 90.6 cm³/mol. The number of benzene rings is 1. The molecule has 1 aromatic heterocycles. The molecule has 1 aliphatic rings. The van der Waals surface area contributed by atoms with Gasteiger partial charge in [-0.2, -0.15) is 4.98 Å². The summed E-state index contributed by atoms with van der Waals surface area (Å²) in [5.41, 5.74) is 0.556. The summed E-state index contributed by atoms with van der Waals surface area (Å²) in [7, 11) is 0. The number of rotatable bonds is 5. The number of hydrogen-bond acceptors (Lipinski definition) is 5. The fourth-order valence-electron chi connectivity index (χ4n) is 2.88. The van der Waals surface area contributed by atoms with Gasteiger partial charge in [0.25, 0.3) is 0 Å². The predicted octanol–water partition coefficient (Wildman–Crippen LogP) is 2.73. The standard InChI is InChI=1S/C17H22FN5O2/c1-3-15-21-16(25-22-15)11(2)23-9-8-14(10-23)20-17(24)19-13-6-4-12(18)5-7-13/h4-7,11,14H,3,8-10H2,1-2H3,(H2,19,20,24)/t11-,14+/m0/s1. The molecule has 2 amide bonds. The number of nitrogens with one attached hydrogen (secondary N) is 2. The Hall–Kier alpha value is -2.48. The Labute approximate surface area is 145 Å². The summed E-state index contributed by atoms with van der Waals surface area (Å²) in [6.45, 7) is 5.55. The van der Waals surface area contributed by atoms with Gasteiger partial charge < -0.3 is 15.2 Å². The molecule has 1 saturated heterocycles. The maximum absolute atomic E-state index is 12.9. The Balaban J connectivity index is 1.50. The van der Waals surface area contributed by atoms with Crippen LogP contribution in [-0.4, -0.2) is 40.2 Å². The molecular formula is C17H22FN5O2. The van der Waals surface area contributed by atoms with Gasteiger partial charge >= 0.3 is 6.03 Å². The van der Waals surface area contributed by atoms with E-state index in [2.05, 4.69) is 25.7 Å². The second-order valence-electron chi connectivity index (χ2n) is 6.16. The van der Waals surface area contributed by atoms with Crippen molar-refractivity contribution in [2.45, 2.75) is 38.8 Å². The van der Waals surface area contributed by atoms with Crippen molar-refractivity contribution in [2.75, 3.05) is 18.4 Å². The van der Waals surface area contributed by atoms with Gasteiger partial charge in [-0.25, -0.2) is 9.18 Å². The van der Waals surface area contributed by atoms with Crippen LogP contribution in [0.3, 0.4) is 0 Å². The highest BCUT2D eigenvalue weighted by Gasteiger charge is 2.30. The number of nitrogens with zero attached hydrogens (tertiary/aromatic N) is 3. The Bertz CT molecular complexity index is 718. The molecule has 8 heteroatoms. The first-order chi connectivity index (χ1) is 12.0. The highest BCUT2D eigenvalue weighted by Crippen LogP contribution is 2.23. The van der Waals surface area contributed by atoms with E-state index >= 15 is 0 Å². The topological polar surface area (TPSA) is 83.3 Å². The summed E-state index contributed by atoms with van der Waals surface area (Å²) in [5, 5.41) is 9.58. The highest BCUT2D eigenvalue weighted by molar-refractivity contribution is 5.89. The van der Waals surface area contributed by atoms with Crippen LogP contribution in [0.2, 0.25) is 0 Å². The first-order valence-electron chi connectivity index (χ1n) is 8.44. The summed E-state index contributed by atoms with van der Waals surface area (Å²) in [6, 6.07) is 5.43. The zero-order valence-electron chi connectivity index (χ0n) is 14.3. The van der Waals surface area contributed by atoms with Gasteiger partial charge in [-0.3, -0.25) is 4.90 Å². The molecule has 0 radical (unpaired) electrons. The van der Waals surface area contributed by atoms with Crippen LogP contribution in [-0.2, 0) is 6.42 Å². The van der Waals surface area contributed by atoms with Gasteiger partial charge in [-0.05, 0) is 37.6 Å². The molecule has 2 N–H and O–H groups in total. The molecule has 1 aliphatic heterocycles. The zero-order valence-corrected chi connectivity index (χ0v) is 14.3. The number of aryl methyl sites for hydroxylation is 1. The quantitative estimate of drug-likeness (QED) is 0.869. The van der Waals surface area contributed by atoms with E-state index in [9.17, 15) is 9.18 Å². The molecule has 1 fully saturated rings. The normalized spacial score (nSPS) is 18.9. The first kappa shape index (κ1) is 17.3. The SMILES string of the molecule is CCc1noc([C@H](C)N2CC[C@@H](NC(=O)Nc3ccc(F)cc3)C2)n1. The minimum atomic E-state index is -0.335. The van der Waals surface area contributed by atoms with E-state index in [4.69, 9.17) is 4.52 Å². The van der Waals surface area contributed by atoms with Gasteiger partial charge in [-0.15, -0.1) is 0 Å². The van der Waals surface area contributed by atoms with Crippen LogP contribution in [0.1, 0.15) is 38.0 Å². The maximum atomic E-state index is 12.9. The molecule has 1 aromatic carbocycles. The average molecular weight is 347 g/mol. The van der Waals surface area contributed by atoms with Gasteiger partial charge in [0.1, 0.15) is 5.82 Å². The summed E-state index contributed by atoms with van der Waals surface area (Å²) < 4.78 is 18.2. The summed E-state index contributed by atoms with van der Waals surface area (Å²) in [5.74, 6) is 0.973. The molecule has 2 atom stereocenters. The molecule has 0 bridgehead atoms. The molecule has 25 heavy (non-hydrogen) atoms. The fraction of sp³-hybridized carbons (Fsp3) is 0.471. The Morgan fingerprint density at radius 1 is 1.44 bits per heavy atom. The van der Waals surface area contributed by atoms with Crippen LogP contribution in [0, 0.1) is 5.82 Å². The van der Waals surface area contributed by atoms with Crippen LogP contribution >= 0.6 is 0 Å². The molecule has 2 aromatic rings. The van der Waals surface area contributed by atoms with Crippen molar-refractivity contribution in [3.63, 3.8) is 0 Å². The van der Waals surface area contributed by atoms with Crippen LogP contribution in [0.15, 0.2) is 28.8 Å². The summed E-state index contributed by atoms with van der Waals surface area (Å²) >= 11 is 0. The van der Waals surface area contributed by atoms with Crippen LogP contribution in [0.5, 0.6) is 0 Å². The van der Waals surface area contributed by atoms with E-state index < -0.39 is 0 Å². The van der Waals surface area contributed by atoms with Crippen LogP contribution in [0.4, 0.5) is 14.9 Å². The Kier molecular flexibility index (Phi) is 5.28. The smallest absolute Gasteiger partial charge is 0.319 e. The van der Waals surface area contributed by atoms with Crippen molar-refractivity contribution in [2.24, 2.45) is 0 Å². The maximum Gasteiger partial charge on any atom is 0.319 e. The van der Waals surface area contributed by atoms with Crippen molar-refractivity contribution in [3.8, 4) is 0 Å². The number of aromatic nitrogens is 2. The second kappa shape index (κ2) is 7.60. The largest absolute Gasteiger partial charge is 0.338 e. The van der Waals surface area contributed by atoms with Gasteiger partial charge in [0, 0.05) is 31.2 Å².